The minimum absolute atomic E-state index is 0.887. The molecule has 88 valence electrons. The number of nitrogens with zero attached hydrogens (tertiary/aromatic N) is 2. The van der Waals surface area contributed by atoms with Gasteiger partial charge in [0.25, 0.3) is 0 Å². The molecule has 0 amide bonds. The second-order valence-electron chi connectivity index (χ2n) is 4.31. The van der Waals surface area contributed by atoms with Gasteiger partial charge in [-0.3, -0.25) is 0 Å². The average Bonchev–Trinajstić information content (AvgIpc) is 2.39. The van der Waals surface area contributed by atoms with Crippen LogP contribution in [0.2, 0.25) is 0 Å². The van der Waals surface area contributed by atoms with Crippen LogP contribution in [0.5, 0.6) is 0 Å². The molecule has 0 saturated heterocycles. The number of fused-ring (bicyclic) bond motifs is 1. The van der Waals surface area contributed by atoms with Gasteiger partial charge in [0.1, 0.15) is 0 Å². The van der Waals surface area contributed by atoms with E-state index < -0.39 is 0 Å². The first-order chi connectivity index (χ1) is 8.74. The second-order valence-corrected chi connectivity index (χ2v) is 4.86. The predicted molar refractivity (Wildman–Crippen MR) is 79.1 cm³/mol. The molecule has 0 radical (unpaired) electrons. The maximum atomic E-state index is 4.69. The summed E-state index contributed by atoms with van der Waals surface area (Å²) in [5.41, 5.74) is 6.02. The summed E-state index contributed by atoms with van der Waals surface area (Å²) < 4.78 is 0. The molecule has 0 N–H and O–H groups in total. The van der Waals surface area contributed by atoms with Crippen LogP contribution in [0, 0.1) is 6.92 Å². The van der Waals surface area contributed by atoms with Crippen molar-refractivity contribution >= 4 is 25.7 Å². The molecule has 1 heterocycles. The first-order valence-corrected chi connectivity index (χ1v) is 6.41. The lowest BCUT2D eigenvalue weighted by atomic mass is 10.1. The average molecular weight is 252 g/mol. The SMILES string of the molecule is Cc1ccc(-c2nc3ccccc3nc2P)cc1. The lowest BCUT2D eigenvalue weighted by molar-refractivity contribution is 1.33. The maximum Gasteiger partial charge on any atom is 0.0964 e. The largest absolute Gasteiger partial charge is 0.245 e. The Kier molecular flexibility index (Phi) is 2.81. The number of rotatable bonds is 1. The summed E-state index contributed by atoms with van der Waals surface area (Å²) in [5, 5.41) is 0. The lowest BCUT2D eigenvalue weighted by Gasteiger charge is -2.06. The van der Waals surface area contributed by atoms with Gasteiger partial charge in [-0.1, -0.05) is 51.2 Å². The summed E-state index contributed by atoms with van der Waals surface area (Å²) in [4.78, 5) is 9.27. The minimum atomic E-state index is 0.887. The number of aromatic nitrogens is 2. The highest BCUT2D eigenvalue weighted by Gasteiger charge is 2.07. The van der Waals surface area contributed by atoms with E-state index in [0.29, 0.717) is 0 Å². The molecule has 18 heavy (non-hydrogen) atoms. The predicted octanol–water partition coefficient (Wildman–Crippen LogP) is 3.11. The molecule has 3 rings (SSSR count). The minimum Gasteiger partial charge on any atom is -0.245 e. The van der Waals surface area contributed by atoms with Crippen molar-refractivity contribution in [2.45, 2.75) is 6.92 Å². The van der Waals surface area contributed by atoms with Gasteiger partial charge in [-0.25, -0.2) is 9.97 Å². The fourth-order valence-corrected chi connectivity index (χ4v) is 2.31. The van der Waals surface area contributed by atoms with Crippen LogP contribution in [0.1, 0.15) is 5.56 Å². The molecule has 0 aliphatic rings. The lowest BCUT2D eigenvalue weighted by Crippen LogP contribution is -2.06. The first-order valence-electron chi connectivity index (χ1n) is 5.83. The zero-order chi connectivity index (χ0) is 12.5. The topological polar surface area (TPSA) is 25.8 Å². The van der Waals surface area contributed by atoms with E-state index in [9.17, 15) is 0 Å². The van der Waals surface area contributed by atoms with Crippen molar-refractivity contribution in [3.05, 3.63) is 54.1 Å². The highest BCUT2D eigenvalue weighted by atomic mass is 31.0. The van der Waals surface area contributed by atoms with E-state index in [1.807, 2.05) is 24.3 Å². The molecule has 3 heteroatoms. The Balaban J connectivity index is 2.22. The van der Waals surface area contributed by atoms with E-state index in [2.05, 4.69) is 45.4 Å². The molecule has 2 nitrogen and oxygen atoms in total. The van der Waals surface area contributed by atoms with Crippen LogP contribution in [-0.2, 0) is 0 Å². The highest BCUT2D eigenvalue weighted by Crippen LogP contribution is 2.19. The van der Waals surface area contributed by atoms with Gasteiger partial charge in [0.15, 0.2) is 0 Å². The molecule has 0 bridgehead atoms. The molecule has 0 spiro atoms. The normalized spacial score (nSPS) is 10.8. The smallest absolute Gasteiger partial charge is 0.0964 e. The molecule has 3 aromatic rings. The number of aryl methyl sites for hydroxylation is 1. The number of hydrogen-bond donors (Lipinski definition) is 0. The van der Waals surface area contributed by atoms with Gasteiger partial charge in [0, 0.05) is 5.56 Å². The third kappa shape index (κ3) is 2.00. The van der Waals surface area contributed by atoms with Crippen LogP contribution in [0.4, 0.5) is 0 Å². The van der Waals surface area contributed by atoms with E-state index in [1.54, 1.807) is 0 Å². The van der Waals surface area contributed by atoms with Gasteiger partial charge in [-0.05, 0) is 19.1 Å². The zero-order valence-corrected chi connectivity index (χ0v) is 11.2. The van der Waals surface area contributed by atoms with Crippen LogP contribution in [0.25, 0.3) is 22.3 Å². The van der Waals surface area contributed by atoms with Gasteiger partial charge in [-0.15, -0.1) is 0 Å². The van der Waals surface area contributed by atoms with Crippen molar-refractivity contribution in [1.29, 1.82) is 0 Å². The van der Waals surface area contributed by atoms with Crippen molar-refractivity contribution < 1.29 is 0 Å². The summed E-state index contributed by atoms with van der Waals surface area (Å²) >= 11 is 0. The highest BCUT2D eigenvalue weighted by molar-refractivity contribution is 7.27. The summed E-state index contributed by atoms with van der Waals surface area (Å²) in [7, 11) is 2.67. The van der Waals surface area contributed by atoms with Crippen molar-refractivity contribution in [3.8, 4) is 11.3 Å². The van der Waals surface area contributed by atoms with E-state index in [4.69, 9.17) is 4.98 Å². The number of hydrogen-bond acceptors (Lipinski definition) is 2. The summed E-state index contributed by atoms with van der Waals surface area (Å²) in [6.07, 6.45) is 0. The van der Waals surface area contributed by atoms with E-state index in [1.165, 1.54) is 5.56 Å². The summed E-state index contributed by atoms with van der Waals surface area (Å²) in [6, 6.07) is 16.3. The van der Waals surface area contributed by atoms with Crippen molar-refractivity contribution in [1.82, 2.24) is 9.97 Å². The number of benzene rings is 2. The van der Waals surface area contributed by atoms with E-state index >= 15 is 0 Å². The Morgan fingerprint density at radius 3 is 2.11 bits per heavy atom. The molecule has 1 unspecified atom stereocenters. The maximum absolute atomic E-state index is 4.69. The zero-order valence-electron chi connectivity index (χ0n) is 10.1. The standard InChI is InChI=1S/C15H13N2P/c1-10-6-8-11(9-7-10)14-15(18)17-13-5-3-2-4-12(13)16-14/h2-9H,18H2,1H3. The van der Waals surface area contributed by atoms with Gasteiger partial charge in [0.05, 0.1) is 22.2 Å². The van der Waals surface area contributed by atoms with Gasteiger partial charge >= 0.3 is 0 Å². The Morgan fingerprint density at radius 1 is 0.833 bits per heavy atom. The van der Waals surface area contributed by atoms with Crippen molar-refractivity contribution in [2.75, 3.05) is 0 Å². The molecule has 0 aliphatic heterocycles. The summed E-state index contributed by atoms with van der Waals surface area (Å²) in [5.74, 6) is 0. The molecule has 1 atom stereocenters. The fraction of sp³-hybridized carbons (Fsp3) is 0.0667. The molecule has 2 aromatic carbocycles. The molecule has 0 fully saturated rings. The third-order valence-corrected chi connectivity index (χ3v) is 3.33. The third-order valence-electron chi connectivity index (χ3n) is 2.92. The van der Waals surface area contributed by atoms with Crippen LogP contribution in [0.15, 0.2) is 48.5 Å². The van der Waals surface area contributed by atoms with Crippen LogP contribution in [-0.4, -0.2) is 9.97 Å². The van der Waals surface area contributed by atoms with Gasteiger partial charge in [0.2, 0.25) is 0 Å². The molecule has 1 aromatic heterocycles. The van der Waals surface area contributed by atoms with E-state index in [-0.39, 0.29) is 0 Å². The van der Waals surface area contributed by atoms with Crippen molar-refractivity contribution in [2.24, 2.45) is 0 Å². The molecule has 0 saturated carbocycles. The Morgan fingerprint density at radius 2 is 1.44 bits per heavy atom. The van der Waals surface area contributed by atoms with Crippen LogP contribution >= 0.6 is 9.24 Å². The Labute approximate surface area is 108 Å². The molecular weight excluding hydrogens is 239 g/mol. The first kappa shape index (κ1) is 11.3. The molecule has 0 aliphatic carbocycles. The second kappa shape index (κ2) is 4.47. The van der Waals surface area contributed by atoms with Crippen molar-refractivity contribution in [3.63, 3.8) is 0 Å². The molecular formula is C15H13N2P. The monoisotopic (exact) mass is 252 g/mol. The van der Waals surface area contributed by atoms with Crippen LogP contribution in [0.3, 0.4) is 0 Å². The Hall–Kier alpha value is -1.79. The fourth-order valence-electron chi connectivity index (χ4n) is 1.94. The van der Waals surface area contributed by atoms with Gasteiger partial charge in [-0.2, -0.15) is 0 Å². The van der Waals surface area contributed by atoms with Crippen LogP contribution < -0.4 is 5.44 Å². The quantitative estimate of drug-likeness (QED) is 0.622. The van der Waals surface area contributed by atoms with Gasteiger partial charge < -0.3 is 0 Å². The number of para-hydroxylation sites is 2. The summed E-state index contributed by atoms with van der Waals surface area (Å²) in [6.45, 7) is 2.08. The Bertz CT molecular complexity index is 705. The van der Waals surface area contributed by atoms with E-state index in [0.717, 1.165) is 27.7 Å².